The highest BCUT2D eigenvalue weighted by Crippen LogP contribution is 2.13. The molecule has 1 radical (unpaired) electrons. The van der Waals surface area contributed by atoms with E-state index < -0.39 is 0 Å². The van der Waals surface area contributed by atoms with Crippen molar-refractivity contribution in [1.29, 1.82) is 0 Å². The lowest BCUT2D eigenvalue weighted by atomic mass is 10.2. The van der Waals surface area contributed by atoms with E-state index in [1.165, 1.54) is 18.5 Å². The highest BCUT2D eigenvalue weighted by atomic mass is 15.1. The molecule has 0 amide bonds. The molecule has 1 rings (SSSR count). The standard InChI is InChI=1S/C13H20N/c1-3-5-9-12-14(4-2)13-10-7-6-8-11-13/h6-8,10-11H,1,3-5,9,12H2,2H3. The van der Waals surface area contributed by atoms with Crippen LogP contribution in [-0.2, 0) is 0 Å². The molecule has 0 aromatic heterocycles. The molecule has 1 heteroatoms. The predicted molar refractivity (Wildman–Crippen MR) is 63.5 cm³/mol. The first-order chi connectivity index (χ1) is 6.88. The quantitative estimate of drug-likeness (QED) is 0.620. The maximum Gasteiger partial charge on any atom is 0.0366 e. The Kier molecular flexibility index (Phi) is 5.13. The van der Waals surface area contributed by atoms with Gasteiger partial charge >= 0.3 is 0 Å². The summed E-state index contributed by atoms with van der Waals surface area (Å²) in [5.74, 6) is 0. The van der Waals surface area contributed by atoms with E-state index in [-0.39, 0.29) is 0 Å². The first kappa shape index (κ1) is 11.1. The Bertz CT molecular complexity index is 230. The molecule has 0 aliphatic heterocycles. The summed E-state index contributed by atoms with van der Waals surface area (Å²) in [5.41, 5.74) is 1.33. The highest BCUT2D eigenvalue weighted by Gasteiger charge is 2.01. The van der Waals surface area contributed by atoms with E-state index in [0.717, 1.165) is 19.5 Å². The van der Waals surface area contributed by atoms with Crippen molar-refractivity contribution in [3.05, 3.63) is 37.3 Å². The first-order valence-corrected chi connectivity index (χ1v) is 5.47. The van der Waals surface area contributed by atoms with E-state index >= 15 is 0 Å². The molecular weight excluding hydrogens is 170 g/mol. The van der Waals surface area contributed by atoms with Crippen molar-refractivity contribution in [2.24, 2.45) is 0 Å². The van der Waals surface area contributed by atoms with Gasteiger partial charge in [-0.05, 0) is 25.5 Å². The molecule has 1 nitrogen and oxygen atoms in total. The predicted octanol–water partition coefficient (Wildman–Crippen LogP) is 3.52. The summed E-state index contributed by atoms with van der Waals surface area (Å²) in [7, 11) is 0. The maximum atomic E-state index is 3.86. The fourth-order valence-corrected chi connectivity index (χ4v) is 1.59. The van der Waals surface area contributed by atoms with E-state index in [9.17, 15) is 0 Å². The SMILES string of the molecule is [CH2]CCCCN(CC)c1ccccc1. The van der Waals surface area contributed by atoms with E-state index in [0.29, 0.717) is 0 Å². The fourth-order valence-electron chi connectivity index (χ4n) is 1.59. The van der Waals surface area contributed by atoms with Gasteiger partial charge in [0.25, 0.3) is 0 Å². The molecule has 0 fully saturated rings. The summed E-state index contributed by atoms with van der Waals surface area (Å²) in [6.45, 7) is 8.30. The summed E-state index contributed by atoms with van der Waals surface area (Å²) in [6.07, 6.45) is 3.52. The summed E-state index contributed by atoms with van der Waals surface area (Å²) in [4.78, 5) is 2.41. The molecule has 77 valence electrons. The van der Waals surface area contributed by atoms with Crippen LogP contribution in [-0.4, -0.2) is 13.1 Å². The second-order valence-corrected chi connectivity index (χ2v) is 3.48. The molecular formula is C13H20N. The Labute approximate surface area is 87.7 Å². The number of rotatable bonds is 6. The van der Waals surface area contributed by atoms with Gasteiger partial charge in [-0.2, -0.15) is 0 Å². The molecule has 0 bridgehead atoms. The Hall–Kier alpha value is -0.980. The van der Waals surface area contributed by atoms with Crippen LogP contribution in [0.3, 0.4) is 0 Å². The summed E-state index contributed by atoms with van der Waals surface area (Å²) in [5, 5.41) is 0. The zero-order chi connectivity index (χ0) is 10.2. The highest BCUT2D eigenvalue weighted by molar-refractivity contribution is 5.45. The lowest BCUT2D eigenvalue weighted by Gasteiger charge is -2.22. The van der Waals surface area contributed by atoms with Crippen LogP contribution in [0.1, 0.15) is 26.2 Å². The van der Waals surface area contributed by atoms with Crippen molar-refractivity contribution in [3.8, 4) is 0 Å². The molecule has 1 aromatic carbocycles. The van der Waals surface area contributed by atoms with E-state index in [2.05, 4.69) is 49.1 Å². The van der Waals surface area contributed by atoms with Gasteiger partial charge in [-0.15, -0.1) is 0 Å². The van der Waals surface area contributed by atoms with Gasteiger partial charge in [-0.25, -0.2) is 0 Å². The molecule has 0 N–H and O–H groups in total. The molecule has 0 heterocycles. The van der Waals surface area contributed by atoms with Crippen LogP contribution in [0.15, 0.2) is 30.3 Å². The number of unbranched alkanes of at least 4 members (excludes halogenated alkanes) is 2. The monoisotopic (exact) mass is 190 g/mol. The Morgan fingerprint density at radius 2 is 1.86 bits per heavy atom. The molecule has 0 aliphatic carbocycles. The largest absolute Gasteiger partial charge is 0.372 e. The van der Waals surface area contributed by atoms with E-state index in [1.54, 1.807) is 0 Å². The zero-order valence-electron chi connectivity index (χ0n) is 9.08. The van der Waals surface area contributed by atoms with Gasteiger partial charge in [0.05, 0.1) is 0 Å². The van der Waals surface area contributed by atoms with Crippen LogP contribution in [0.25, 0.3) is 0 Å². The molecule has 0 unspecified atom stereocenters. The number of anilines is 1. The minimum Gasteiger partial charge on any atom is -0.372 e. The number of nitrogens with zero attached hydrogens (tertiary/aromatic N) is 1. The van der Waals surface area contributed by atoms with Gasteiger partial charge in [0.2, 0.25) is 0 Å². The number of para-hydroxylation sites is 1. The third kappa shape index (κ3) is 3.41. The van der Waals surface area contributed by atoms with Crippen molar-refractivity contribution in [2.75, 3.05) is 18.0 Å². The topological polar surface area (TPSA) is 3.24 Å². The normalized spacial score (nSPS) is 10.1. The molecule has 14 heavy (non-hydrogen) atoms. The Morgan fingerprint density at radius 1 is 1.14 bits per heavy atom. The number of benzene rings is 1. The van der Waals surface area contributed by atoms with Crippen molar-refractivity contribution >= 4 is 5.69 Å². The van der Waals surface area contributed by atoms with Gasteiger partial charge in [-0.1, -0.05) is 38.0 Å². The zero-order valence-corrected chi connectivity index (χ0v) is 9.08. The molecule has 0 saturated heterocycles. The Balaban J connectivity index is 2.46. The average Bonchev–Trinajstić information content (AvgIpc) is 2.26. The average molecular weight is 190 g/mol. The smallest absolute Gasteiger partial charge is 0.0366 e. The Morgan fingerprint density at radius 3 is 2.43 bits per heavy atom. The minimum absolute atomic E-state index is 1.05. The summed E-state index contributed by atoms with van der Waals surface area (Å²) in [6, 6.07) is 10.6. The third-order valence-electron chi connectivity index (χ3n) is 2.43. The van der Waals surface area contributed by atoms with Crippen LogP contribution in [0.4, 0.5) is 5.69 Å². The third-order valence-corrected chi connectivity index (χ3v) is 2.43. The molecule has 1 aromatic rings. The van der Waals surface area contributed by atoms with Gasteiger partial charge in [-0.3, -0.25) is 0 Å². The van der Waals surface area contributed by atoms with Crippen molar-refractivity contribution < 1.29 is 0 Å². The second-order valence-electron chi connectivity index (χ2n) is 3.48. The van der Waals surface area contributed by atoms with Crippen LogP contribution < -0.4 is 4.90 Å². The van der Waals surface area contributed by atoms with Crippen LogP contribution in [0.2, 0.25) is 0 Å². The van der Waals surface area contributed by atoms with Gasteiger partial charge in [0.1, 0.15) is 0 Å². The van der Waals surface area contributed by atoms with Gasteiger partial charge < -0.3 is 4.90 Å². The second kappa shape index (κ2) is 6.47. The minimum atomic E-state index is 1.05. The summed E-state index contributed by atoms with van der Waals surface area (Å²) >= 11 is 0. The molecule has 0 saturated carbocycles. The van der Waals surface area contributed by atoms with E-state index in [1.807, 2.05) is 0 Å². The molecule has 0 aliphatic rings. The molecule has 0 spiro atoms. The number of hydrogen-bond acceptors (Lipinski definition) is 1. The first-order valence-electron chi connectivity index (χ1n) is 5.47. The van der Waals surface area contributed by atoms with E-state index in [4.69, 9.17) is 0 Å². The van der Waals surface area contributed by atoms with Crippen LogP contribution in [0, 0.1) is 6.92 Å². The summed E-state index contributed by atoms with van der Waals surface area (Å²) < 4.78 is 0. The fraction of sp³-hybridized carbons (Fsp3) is 0.462. The van der Waals surface area contributed by atoms with Crippen molar-refractivity contribution in [3.63, 3.8) is 0 Å². The lowest BCUT2D eigenvalue weighted by molar-refractivity contribution is 0.703. The molecule has 0 atom stereocenters. The lowest BCUT2D eigenvalue weighted by Crippen LogP contribution is -2.23. The van der Waals surface area contributed by atoms with Gasteiger partial charge in [0, 0.05) is 18.8 Å². The van der Waals surface area contributed by atoms with Crippen LogP contribution >= 0.6 is 0 Å². The van der Waals surface area contributed by atoms with Crippen molar-refractivity contribution in [1.82, 2.24) is 0 Å². The van der Waals surface area contributed by atoms with Crippen molar-refractivity contribution in [2.45, 2.75) is 26.2 Å². The maximum absolute atomic E-state index is 3.86. The van der Waals surface area contributed by atoms with Gasteiger partial charge in [0.15, 0.2) is 0 Å². The van der Waals surface area contributed by atoms with Crippen LogP contribution in [0.5, 0.6) is 0 Å². The number of hydrogen-bond donors (Lipinski definition) is 0.